The van der Waals surface area contributed by atoms with Crippen molar-refractivity contribution in [2.24, 2.45) is 9.98 Å². The molecule has 1 N–H and O–H groups in total. The van der Waals surface area contributed by atoms with Gasteiger partial charge in [0.25, 0.3) is 0 Å². The molecule has 2 aromatic carbocycles. The summed E-state index contributed by atoms with van der Waals surface area (Å²) < 4.78 is 6.96. The maximum Gasteiger partial charge on any atom is 0.234 e. The standard InChI is InChI=1S/C22H20N6O2S/c1-30-17-9-7-15(8-10-17)25-19(29)14-31-22-26-21-18(20-23-11-12-27(20)22)13-24-28(21)16-5-3-2-4-6-16/h2-10,13H,11-12,14H2,1H3,(H,25,29). The minimum Gasteiger partial charge on any atom is -0.497 e. The first kappa shape index (κ1) is 19.4. The van der Waals surface area contributed by atoms with E-state index in [9.17, 15) is 4.79 Å². The number of benzene rings is 2. The van der Waals surface area contributed by atoms with Gasteiger partial charge in [-0.2, -0.15) is 5.10 Å². The highest BCUT2D eigenvalue weighted by Gasteiger charge is 2.32. The molecule has 0 aliphatic carbocycles. The molecule has 0 spiro atoms. The lowest BCUT2D eigenvalue weighted by Gasteiger charge is -2.25. The fraction of sp³-hybridized carbons (Fsp3) is 0.182. The van der Waals surface area contributed by atoms with Crippen molar-refractivity contribution >= 4 is 40.2 Å². The van der Waals surface area contributed by atoms with Gasteiger partial charge in [0.2, 0.25) is 5.91 Å². The fourth-order valence-electron chi connectivity index (χ4n) is 3.49. The van der Waals surface area contributed by atoms with Crippen molar-refractivity contribution in [2.45, 2.75) is 0 Å². The van der Waals surface area contributed by atoms with Gasteiger partial charge in [0.15, 0.2) is 11.0 Å². The van der Waals surface area contributed by atoms with E-state index in [0.717, 1.165) is 46.1 Å². The number of anilines is 1. The second kappa shape index (κ2) is 8.27. The normalized spacial score (nSPS) is 14.4. The number of aromatic nitrogens is 2. The molecule has 0 fully saturated rings. The highest BCUT2D eigenvalue weighted by molar-refractivity contribution is 8.14. The van der Waals surface area contributed by atoms with Crippen LogP contribution in [0.25, 0.3) is 5.69 Å². The number of aliphatic imine (C=N–C) groups is 2. The number of nitrogens with one attached hydrogen (secondary N) is 1. The van der Waals surface area contributed by atoms with Crippen LogP contribution in [-0.2, 0) is 4.79 Å². The predicted octanol–water partition coefficient (Wildman–Crippen LogP) is 3.32. The Balaban J connectivity index is 1.35. The summed E-state index contributed by atoms with van der Waals surface area (Å²) in [6.45, 7) is 1.44. The molecule has 3 heterocycles. The van der Waals surface area contributed by atoms with Gasteiger partial charge in [-0.3, -0.25) is 9.79 Å². The van der Waals surface area contributed by atoms with Crippen LogP contribution in [-0.4, -0.2) is 57.5 Å². The largest absolute Gasteiger partial charge is 0.497 e. The van der Waals surface area contributed by atoms with Crippen LogP contribution in [0.3, 0.4) is 0 Å². The molecule has 8 nitrogen and oxygen atoms in total. The van der Waals surface area contributed by atoms with E-state index < -0.39 is 0 Å². The number of thioether (sulfide) groups is 1. The van der Waals surface area contributed by atoms with E-state index in [0.29, 0.717) is 6.54 Å². The Morgan fingerprint density at radius 1 is 1.16 bits per heavy atom. The number of hydrogen-bond donors (Lipinski definition) is 1. The third kappa shape index (κ3) is 3.79. The van der Waals surface area contributed by atoms with Crippen LogP contribution < -0.4 is 10.1 Å². The number of ether oxygens (including phenoxy) is 1. The van der Waals surface area contributed by atoms with Crippen LogP contribution in [0.5, 0.6) is 5.75 Å². The summed E-state index contributed by atoms with van der Waals surface area (Å²) in [4.78, 5) is 24.1. The number of para-hydroxylation sites is 1. The number of nitrogens with zero attached hydrogens (tertiary/aromatic N) is 5. The highest BCUT2D eigenvalue weighted by Crippen LogP contribution is 2.33. The third-order valence-electron chi connectivity index (χ3n) is 4.96. The summed E-state index contributed by atoms with van der Waals surface area (Å²) in [5.41, 5.74) is 2.57. The molecule has 0 atom stereocenters. The average molecular weight is 433 g/mol. The number of rotatable bonds is 5. The van der Waals surface area contributed by atoms with Crippen molar-refractivity contribution in [2.75, 3.05) is 31.3 Å². The van der Waals surface area contributed by atoms with Crippen LogP contribution in [0, 0.1) is 0 Å². The van der Waals surface area contributed by atoms with Crippen LogP contribution in [0.15, 0.2) is 70.8 Å². The summed E-state index contributed by atoms with van der Waals surface area (Å²) >= 11 is 1.40. The van der Waals surface area contributed by atoms with Gasteiger partial charge in [-0.1, -0.05) is 30.0 Å². The van der Waals surface area contributed by atoms with E-state index in [1.165, 1.54) is 11.8 Å². The van der Waals surface area contributed by atoms with Crippen LogP contribution >= 0.6 is 11.8 Å². The van der Waals surface area contributed by atoms with Crippen molar-refractivity contribution in [1.82, 2.24) is 14.7 Å². The highest BCUT2D eigenvalue weighted by atomic mass is 32.2. The van der Waals surface area contributed by atoms with E-state index in [-0.39, 0.29) is 11.7 Å². The molecule has 0 saturated heterocycles. The number of amides is 1. The Bertz CT molecular complexity index is 1170. The SMILES string of the molecule is COc1ccc(NC(=O)CSC2=Nc3c(cnn3-c3ccccc3)C3=NCCN23)cc1. The topological polar surface area (TPSA) is 84.1 Å². The number of methoxy groups -OCH3 is 1. The van der Waals surface area contributed by atoms with Crippen LogP contribution in [0.4, 0.5) is 11.5 Å². The number of carbonyl (C=O) groups is 1. The molecule has 0 saturated carbocycles. The Morgan fingerprint density at radius 2 is 1.97 bits per heavy atom. The number of hydrogen-bond acceptors (Lipinski definition) is 7. The zero-order valence-corrected chi connectivity index (χ0v) is 17.7. The minimum atomic E-state index is -0.0992. The molecule has 3 aromatic rings. The predicted molar refractivity (Wildman–Crippen MR) is 123 cm³/mol. The molecule has 156 valence electrons. The van der Waals surface area contributed by atoms with Crippen molar-refractivity contribution in [1.29, 1.82) is 0 Å². The third-order valence-corrected chi connectivity index (χ3v) is 5.94. The van der Waals surface area contributed by atoms with E-state index in [1.807, 2.05) is 59.3 Å². The van der Waals surface area contributed by atoms with Crippen molar-refractivity contribution < 1.29 is 9.53 Å². The Morgan fingerprint density at radius 3 is 2.74 bits per heavy atom. The van der Waals surface area contributed by atoms with Gasteiger partial charge >= 0.3 is 0 Å². The van der Waals surface area contributed by atoms with Crippen molar-refractivity contribution in [3.63, 3.8) is 0 Å². The number of fused-ring (bicyclic) bond motifs is 3. The average Bonchev–Trinajstić information content (AvgIpc) is 3.45. The number of carbonyl (C=O) groups excluding carboxylic acids is 1. The molecular weight excluding hydrogens is 412 g/mol. The monoisotopic (exact) mass is 432 g/mol. The molecule has 2 aliphatic heterocycles. The van der Waals surface area contributed by atoms with E-state index >= 15 is 0 Å². The second-order valence-corrected chi connectivity index (χ2v) is 7.89. The van der Waals surface area contributed by atoms with Gasteiger partial charge in [0, 0.05) is 12.2 Å². The lowest BCUT2D eigenvalue weighted by Crippen LogP contribution is -2.36. The molecule has 5 rings (SSSR count). The second-order valence-electron chi connectivity index (χ2n) is 6.95. The van der Waals surface area contributed by atoms with Gasteiger partial charge in [0.05, 0.1) is 36.9 Å². The summed E-state index contributed by atoms with van der Waals surface area (Å²) in [7, 11) is 1.61. The fourth-order valence-corrected chi connectivity index (χ4v) is 4.31. The summed E-state index contributed by atoms with van der Waals surface area (Å²) in [5.74, 6) is 2.49. The first-order chi connectivity index (χ1) is 15.2. The minimum absolute atomic E-state index is 0.0992. The zero-order valence-electron chi connectivity index (χ0n) is 16.9. The number of amidine groups is 2. The molecule has 0 bridgehead atoms. The van der Waals surface area contributed by atoms with E-state index in [1.54, 1.807) is 13.3 Å². The maximum absolute atomic E-state index is 12.5. The molecule has 9 heteroatoms. The smallest absolute Gasteiger partial charge is 0.234 e. The Labute approximate surface area is 183 Å². The van der Waals surface area contributed by atoms with Gasteiger partial charge in [0.1, 0.15) is 11.6 Å². The summed E-state index contributed by atoms with van der Waals surface area (Å²) in [5, 5.41) is 8.19. The van der Waals surface area contributed by atoms with Crippen LogP contribution in [0.1, 0.15) is 5.56 Å². The van der Waals surface area contributed by atoms with Gasteiger partial charge in [-0.25, -0.2) is 9.67 Å². The van der Waals surface area contributed by atoms with E-state index in [4.69, 9.17) is 9.73 Å². The molecule has 0 unspecified atom stereocenters. The summed E-state index contributed by atoms with van der Waals surface area (Å²) in [6, 6.07) is 17.1. The molecule has 1 amide bonds. The molecule has 1 aromatic heterocycles. The molecule has 31 heavy (non-hydrogen) atoms. The van der Waals surface area contributed by atoms with Gasteiger partial charge in [-0.05, 0) is 36.4 Å². The lowest BCUT2D eigenvalue weighted by atomic mass is 10.2. The zero-order chi connectivity index (χ0) is 21.2. The van der Waals surface area contributed by atoms with Gasteiger partial charge < -0.3 is 15.0 Å². The lowest BCUT2D eigenvalue weighted by molar-refractivity contribution is -0.113. The van der Waals surface area contributed by atoms with Crippen molar-refractivity contribution in [3.8, 4) is 11.4 Å². The quantitative estimate of drug-likeness (QED) is 0.669. The Kier molecular flexibility index (Phi) is 5.17. The molecular formula is C22H20N6O2S. The van der Waals surface area contributed by atoms with Crippen molar-refractivity contribution in [3.05, 3.63) is 66.4 Å². The molecule has 0 radical (unpaired) electrons. The maximum atomic E-state index is 12.5. The first-order valence-electron chi connectivity index (χ1n) is 9.84. The van der Waals surface area contributed by atoms with Crippen LogP contribution in [0.2, 0.25) is 0 Å². The summed E-state index contributed by atoms with van der Waals surface area (Å²) in [6.07, 6.45) is 1.81. The first-order valence-corrected chi connectivity index (χ1v) is 10.8. The van der Waals surface area contributed by atoms with E-state index in [2.05, 4.69) is 20.3 Å². The molecule has 2 aliphatic rings. The Hall–Kier alpha value is -3.59. The van der Waals surface area contributed by atoms with Gasteiger partial charge in [-0.15, -0.1) is 0 Å².